The summed E-state index contributed by atoms with van der Waals surface area (Å²) in [5.41, 5.74) is 1.36. The lowest BCUT2D eigenvalue weighted by Gasteiger charge is -2.12. The van der Waals surface area contributed by atoms with Gasteiger partial charge in [0.2, 0.25) is 11.8 Å². The molecular weight excluding hydrogens is 262 g/mol. The first kappa shape index (κ1) is 15.3. The van der Waals surface area contributed by atoms with Crippen LogP contribution in [0, 0.1) is 0 Å². The summed E-state index contributed by atoms with van der Waals surface area (Å²) in [6.07, 6.45) is 3.73. The number of rotatable bonds is 8. The van der Waals surface area contributed by atoms with E-state index in [0.717, 1.165) is 19.4 Å². The number of benzene rings is 1. The molecule has 1 aromatic heterocycles. The molecule has 0 aliphatic heterocycles. The first-order chi connectivity index (χ1) is 10.3. The fraction of sp³-hybridized carbons (Fsp3) is 0.412. The number of nitrogens with one attached hydrogen (secondary N) is 1. The van der Waals surface area contributed by atoms with E-state index in [1.165, 1.54) is 5.56 Å². The minimum Gasteiger partial charge on any atom is -0.478 e. The number of aromatic nitrogens is 2. The van der Waals surface area contributed by atoms with Crippen molar-refractivity contribution in [1.29, 1.82) is 0 Å². The van der Waals surface area contributed by atoms with Gasteiger partial charge in [0.25, 0.3) is 0 Å². The van der Waals surface area contributed by atoms with E-state index in [9.17, 15) is 0 Å². The Bertz CT molecular complexity index is 531. The Morgan fingerprint density at radius 1 is 1.19 bits per heavy atom. The number of nitrogens with zero attached hydrogens (tertiary/aromatic N) is 2. The van der Waals surface area contributed by atoms with Crippen molar-refractivity contribution in [3.05, 3.63) is 48.2 Å². The summed E-state index contributed by atoms with van der Waals surface area (Å²) in [5, 5.41) is 3.26. The molecule has 1 atom stereocenters. The maximum atomic E-state index is 5.50. The minimum atomic E-state index is 0.512. The highest BCUT2D eigenvalue weighted by molar-refractivity contribution is 5.27. The molecule has 1 N–H and O–H groups in total. The first-order valence-corrected chi connectivity index (χ1v) is 7.54. The van der Waals surface area contributed by atoms with Crippen LogP contribution < -0.4 is 10.1 Å². The average Bonchev–Trinajstić information content (AvgIpc) is 2.54. The molecular formula is C17H23N3O. The van der Waals surface area contributed by atoms with E-state index >= 15 is 0 Å². The molecule has 112 valence electrons. The van der Waals surface area contributed by atoms with Crippen molar-refractivity contribution in [2.24, 2.45) is 0 Å². The second-order valence-electron chi connectivity index (χ2n) is 5.09. The van der Waals surface area contributed by atoms with Gasteiger partial charge in [-0.3, -0.25) is 0 Å². The fourth-order valence-electron chi connectivity index (χ4n) is 2.06. The van der Waals surface area contributed by atoms with E-state index in [-0.39, 0.29) is 0 Å². The summed E-state index contributed by atoms with van der Waals surface area (Å²) >= 11 is 0. The van der Waals surface area contributed by atoms with Crippen molar-refractivity contribution in [1.82, 2.24) is 9.97 Å². The van der Waals surface area contributed by atoms with Gasteiger partial charge >= 0.3 is 0 Å². The summed E-state index contributed by atoms with van der Waals surface area (Å²) in [7, 11) is 0. The zero-order valence-corrected chi connectivity index (χ0v) is 12.7. The van der Waals surface area contributed by atoms with E-state index in [1.54, 1.807) is 12.3 Å². The van der Waals surface area contributed by atoms with E-state index < -0.39 is 0 Å². The first-order valence-electron chi connectivity index (χ1n) is 7.54. The smallest absolute Gasteiger partial charge is 0.225 e. The van der Waals surface area contributed by atoms with Gasteiger partial charge in [-0.15, -0.1) is 0 Å². The molecule has 0 saturated carbocycles. The second-order valence-corrected chi connectivity index (χ2v) is 5.09. The highest BCUT2D eigenvalue weighted by atomic mass is 16.5. The molecule has 0 fully saturated rings. The van der Waals surface area contributed by atoms with Gasteiger partial charge in [0.15, 0.2) is 0 Å². The van der Waals surface area contributed by atoms with Gasteiger partial charge in [0, 0.05) is 18.8 Å². The summed E-state index contributed by atoms with van der Waals surface area (Å²) in [6, 6.07) is 12.3. The Morgan fingerprint density at radius 3 is 2.76 bits per heavy atom. The van der Waals surface area contributed by atoms with Gasteiger partial charge in [-0.2, -0.15) is 4.98 Å². The fourth-order valence-corrected chi connectivity index (χ4v) is 2.06. The van der Waals surface area contributed by atoms with Crippen molar-refractivity contribution in [3.63, 3.8) is 0 Å². The van der Waals surface area contributed by atoms with Gasteiger partial charge in [-0.25, -0.2) is 4.98 Å². The Hall–Kier alpha value is -2.10. The molecule has 0 aliphatic rings. The van der Waals surface area contributed by atoms with Crippen molar-refractivity contribution < 1.29 is 4.74 Å². The molecule has 1 unspecified atom stereocenters. The molecule has 2 aromatic rings. The molecule has 4 nitrogen and oxygen atoms in total. The van der Waals surface area contributed by atoms with Crippen LogP contribution in [0.25, 0.3) is 0 Å². The summed E-state index contributed by atoms with van der Waals surface area (Å²) in [5.74, 6) is 1.77. The van der Waals surface area contributed by atoms with Crippen LogP contribution in [0.1, 0.15) is 38.2 Å². The second kappa shape index (κ2) is 8.25. The van der Waals surface area contributed by atoms with Crippen molar-refractivity contribution in [2.75, 3.05) is 18.5 Å². The van der Waals surface area contributed by atoms with Gasteiger partial charge in [-0.1, -0.05) is 44.2 Å². The van der Waals surface area contributed by atoms with Crippen LogP contribution >= 0.6 is 0 Å². The van der Waals surface area contributed by atoms with E-state index in [0.29, 0.717) is 24.4 Å². The molecule has 1 heterocycles. The van der Waals surface area contributed by atoms with Gasteiger partial charge in [0.1, 0.15) is 0 Å². The standard InChI is InChI=1S/C17H23N3O/c1-3-13-21-16-10-12-19-17(20-16)18-11-9-14(2)15-7-5-4-6-8-15/h4-8,10,12,14H,3,9,11,13H2,1-2H3,(H,18,19,20). The monoisotopic (exact) mass is 285 g/mol. The van der Waals surface area contributed by atoms with Crippen LogP contribution in [0.5, 0.6) is 5.88 Å². The molecule has 0 radical (unpaired) electrons. The Kier molecular flexibility index (Phi) is 6.00. The zero-order valence-electron chi connectivity index (χ0n) is 12.7. The number of hydrogen-bond acceptors (Lipinski definition) is 4. The molecule has 1 aromatic carbocycles. The van der Waals surface area contributed by atoms with Crippen LogP contribution in [0.2, 0.25) is 0 Å². The van der Waals surface area contributed by atoms with Crippen molar-refractivity contribution >= 4 is 5.95 Å². The minimum absolute atomic E-state index is 0.512. The molecule has 0 spiro atoms. The maximum absolute atomic E-state index is 5.50. The number of hydrogen-bond donors (Lipinski definition) is 1. The third-order valence-corrected chi connectivity index (χ3v) is 3.31. The van der Waals surface area contributed by atoms with E-state index in [4.69, 9.17) is 4.74 Å². The number of anilines is 1. The highest BCUT2D eigenvalue weighted by Crippen LogP contribution is 2.18. The van der Waals surface area contributed by atoms with Crippen LogP contribution in [-0.2, 0) is 0 Å². The quantitative estimate of drug-likeness (QED) is 0.799. The molecule has 0 aliphatic carbocycles. The SMILES string of the molecule is CCCOc1ccnc(NCCC(C)c2ccccc2)n1. The van der Waals surface area contributed by atoms with E-state index in [2.05, 4.69) is 53.4 Å². The van der Waals surface area contributed by atoms with Gasteiger partial charge < -0.3 is 10.1 Å². The molecule has 2 rings (SSSR count). The Morgan fingerprint density at radius 2 is 2.00 bits per heavy atom. The Balaban J connectivity index is 1.80. The van der Waals surface area contributed by atoms with E-state index in [1.807, 2.05) is 6.07 Å². The molecule has 21 heavy (non-hydrogen) atoms. The average molecular weight is 285 g/mol. The normalized spacial score (nSPS) is 11.9. The highest BCUT2D eigenvalue weighted by Gasteiger charge is 2.05. The Labute approximate surface area is 126 Å². The lowest BCUT2D eigenvalue weighted by atomic mass is 9.98. The predicted octanol–water partition coefficient (Wildman–Crippen LogP) is 3.87. The van der Waals surface area contributed by atoms with Crippen LogP contribution in [-0.4, -0.2) is 23.1 Å². The molecule has 0 amide bonds. The third-order valence-electron chi connectivity index (χ3n) is 3.31. The predicted molar refractivity (Wildman–Crippen MR) is 85.8 cm³/mol. The summed E-state index contributed by atoms with van der Waals surface area (Å²) in [4.78, 5) is 8.55. The molecule has 4 heteroatoms. The lowest BCUT2D eigenvalue weighted by Crippen LogP contribution is -2.09. The number of ether oxygens (including phenoxy) is 1. The van der Waals surface area contributed by atoms with Gasteiger partial charge in [0.05, 0.1) is 6.61 Å². The molecule has 0 bridgehead atoms. The van der Waals surface area contributed by atoms with Gasteiger partial charge in [-0.05, 0) is 24.3 Å². The molecule has 0 saturated heterocycles. The zero-order chi connectivity index (χ0) is 14.9. The largest absolute Gasteiger partial charge is 0.478 e. The summed E-state index contributed by atoms with van der Waals surface area (Å²) < 4.78 is 5.50. The summed E-state index contributed by atoms with van der Waals surface area (Å²) in [6.45, 7) is 5.83. The third kappa shape index (κ3) is 5.06. The van der Waals surface area contributed by atoms with Crippen LogP contribution in [0.4, 0.5) is 5.95 Å². The lowest BCUT2D eigenvalue weighted by molar-refractivity contribution is 0.305. The van der Waals surface area contributed by atoms with Crippen molar-refractivity contribution in [3.8, 4) is 5.88 Å². The topological polar surface area (TPSA) is 47.0 Å². The maximum Gasteiger partial charge on any atom is 0.225 e. The van der Waals surface area contributed by atoms with Crippen LogP contribution in [0.15, 0.2) is 42.6 Å². The van der Waals surface area contributed by atoms with Crippen LogP contribution in [0.3, 0.4) is 0 Å². The van der Waals surface area contributed by atoms with Crippen molar-refractivity contribution in [2.45, 2.75) is 32.6 Å².